The second-order valence-corrected chi connectivity index (χ2v) is 9.14. The topological polar surface area (TPSA) is 86.7 Å². The lowest BCUT2D eigenvalue weighted by Crippen LogP contribution is -2.48. The number of amides is 1. The predicted molar refractivity (Wildman–Crippen MR) is 112 cm³/mol. The Morgan fingerprint density at radius 2 is 1.62 bits per heavy atom. The van der Waals surface area contributed by atoms with Gasteiger partial charge in [0.1, 0.15) is 0 Å². The van der Waals surface area contributed by atoms with Crippen molar-refractivity contribution in [2.24, 2.45) is 5.41 Å². The van der Waals surface area contributed by atoms with Crippen molar-refractivity contribution in [1.82, 2.24) is 10.2 Å². The third-order valence-corrected chi connectivity index (χ3v) is 6.63. The lowest BCUT2D eigenvalue weighted by atomic mass is 9.77. The fourth-order valence-electron chi connectivity index (χ4n) is 4.57. The Labute approximate surface area is 180 Å². The average molecular weight is 441 g/mol. The Hall–Kier alpha value is -1.63. The summed E-state index contributed by atoms with van der Waals surface area (Å²) >= 11 is 11.9. The van der Waals surface area contributed by atoms with Crippen molar-refractivity contribution >= 4 is 40.9 Å². The Kier molecular flexibility index (Phi) is 7.19. The minimum absolute atomic E-state index is 0.253. The zero-order valence-corrected chi connectivity index (χ0v) is 17.8. The molecule has 1 saturated carbocycles. The van der Waals surface area contributed by atoms with E-state index in [1.807, 2.05) is 0 Å². The Morgan fingerprint density at radius 1 is 1.03 bits per heavy atom. The van der Waals surface area contributed by atoms with Gasteiger partial charge in [0, 0.05) is 34.6 Å². The Morgan fingerprint density at radius 3 is 2.17 bits per heavy atom. The minimum atomic E-state index is -1.49. The highest BCUT2D eigenvalue weighted by molar-refractivity contribution is 6.35. The molecule has 3 rings (SSSR count). The molecule has 1 aromatic rings. The van der Waals surface area contributed by atoms with Gasteiger partial charge in [-0.1, -0.05) is 36.0 Å². The van der Waals surface area contributed by atoms with Gasteiger partial charge in [-0.15, -0.1) is 0 Å². The number of likely N-dealkylation sites (tertiary alicyclic amines) is 1. The molecule has 0 aromatic heterocycles. The number of carbonyl (C=O) groups excluding carboxylic acids is 2. The second kappa shape index (κ2) is 9.45. The SMILES string of the molecule is O=C(O)C(=O)CC(CN1CCC2(CCCC2)CC1)NC(=O)c1cc(Cl)cc(Cl)c1. The van der Waals surface area contributed by atoms with Gasteiger partial charge in [-0.2, -0.15) is 0 Å². The van der Waals surface area contributed by atoms with Crippen LogP contribution in [0.25, 0.3) is 0 Å². The van der Waals surface area contributed by atoms with E-state index in [4.69, 9.17) is 28.3 Å². The molecule has 8 heteroatoms. The summed E-state index contributed by atoms with van der Waals surface area (Å²) in [6, 6.07) is 3.91. The van der Waals surface area contributed by atoms with Gasteiger partial charge in [0.25, 0.3) is 5.91 Å². The van der Waals surface area contributed by atoms with Gasteiger partial charge in [0.05, 0.1) is 0 Å². The highest BCUT2D eigenvalue weighted by Crippen LogP contribution is 2.46. The molecule has 0 bridgehead atoms. The fraction of sp³-hybridized carbons (Fsp3) is 0.571. The van der Waals surface area contributed by atoms with Crippen LogP contribution in [0.15, 0.2) is 18.2 Å². The number of hydrogen-bond acceptors (Lipinski definition) is 4. The molecule has 1 unspecified atom stereocenters. The summed E-state index contributed by atoms with van der Waals surface area (Å²) in [6.07, 6.45) is 7.15. The van der Waals surface area contributed by atoms with Crippen LogP contribution in [0.1, 0.15) is 55.3 Å². The summed E-state index contributed by atoms with van der Waals surface area (Å²) in [7, 11) is 0. The van der Waals surface area contributed by atoms with Crippen molar-refractivity contribution in [2.45, 2.75) is 51.0 Å². The van der Waals surface area contributed by atoms with Crippen LogP contribution < -0.4 is 5.32 Å². The molecular formula is C21H26Cl2N2O4. The first-order chi connectivity index (χ1) is 13.8. The number of halogens is 2. The van der Waals surface area contributed by atoms with Gasteiger partial charge in [0.15, 0.2) is 0 Å². The van der Waals surface area contributed by atoms with E-state index in [9.17, 15) is 14.4 Å². The number of Topliss-reactive ketones (excluding diaryl/α,β-unsaturated/α-hetero) is 1. The molecule has 1 atom stereocenters. The molecule has 2 N–H and O–H groups in total. The third kappa shape index (κ3) is 5.93. The summed E-state index contributed by atoms with van der Waals surface area (Å²) in [5, 5.41) is 12.5. The van der Waals surface area contributed by atoms with E-state index in [1.165, 1.54) is 43.9 Å². The smallest absolute Gasteiger partial charge is 0.372 e. The summed E-state index contributed by atoms with van der Waals surface area (Å²) in [4.78, 5) is 37.7. The molecule has 6 nitrogen and oxygen atoms in total. The molecular weight excluding hydrogens is 415 g/mol. The number of hydrogen-bond donors (Lipinski definition) is 2. The molecule has 2 aliphatic rings. The van der Waals surface area contributed by atoms with Gasteiger partial charge in [-0.3, -0.25) is 9.59 Å². The largest absolute Gasteiger partial charge is 0.476 e. The zero-order chi connectivity index (χ0) is 21.0. The van der Waals surface area contributed by atoms with E-state index in [2.05, 4.69) is 10.2 Å². The highest BCUT2D eigenvalue weighted by Gasteiger charge is 2.37. The normalized spacial score (nSPS) is 19.8. The zero-order valence-electron chi connectivity index (χ0n) is 16.3. The van der Waals surface area contributed by atoms with E-state index in [0.717, 1.165) is 25.9 Å². The van der Waals surface area contributed by atoms with Crippen molar-refractivity contribution in [3.8, 4) is 0 Å². The van der Waals surface area contributed by atoms with E-state index >= 15 is 0 Å². The molecule has 1 aromatic carbocycles. The van der Waals surface area contributed by atoms with Gasteiger partial charge >= 0.3 is 5.97 Å². The van der Waals surface area contributed by atoms with E-state index in [1.54, 1.807) is 0 Å². The molecule has 0 radical (unpaired) electrons. The molecule has 2 fully saturated rings. The number of carboxylic acid groups (broad SMARTS) is 1. The number of aliphatic carboxylic acids is 1. The maximum atomic E-state index is 12.7. The van der Waals surface area contributed by atoms with Gasteiger partial charge < -0.3 is 15.3 Å². The number of rotatable bonds is 7. The molecule has 1 heterocycles. The monoisotopic (exact) mass is 440 g/mol. The van der Waals surface area contributed by atoms with Crippen LogP contribution in [-0.4, -0.2) is 53.3 Å². The van der Waals surface area contributed by atoms with Gasteiger partial charge in [-0.25, -0.2) is 4.79 Å². The van der Waals surface area contributed by atoms with Crippen LogP contribution >= 0.6 is 23.2 Å². The molecule has 1 aliphatic carbocycles. The second-order valence-electron chi connectivity index (χ2n) is 8.27. The minimum Gasteiger partial charge on any atom is -0.476 e. The van der Waals surface area contributed by atoms with Crippen molar-refractivity contribution in [3.63, 3.8) is 0 Å². The number of nitrogens with one attached hydrogen (secondary N) is 1. The summed E-state index contributed by atoms with van der Waals surface area (Å²) < 4.78 is 0. The highest BCUT2D eigenvalue weighted by atomic mass is 35.5. The van der Waals surface area contributed by atoms with Gasteiger partial charge in [-0.05, 0) is 62.4 Å². The number of nitrogens with zero attached hydrogens (tertiary/aromatic N) is 1. The van der Waals surface area contributed by atoms with Crippen molar-refractivity contribution in [1.29, 1.82) is 0 Å². The maximum Gasteiger partial charge on any atom is 0.372 e. The van der Waals surface area contributed by atoms with Crippen LogP contribution in [0.4, 0.5) is 0 Å². The van der Waals surface area contributed by atoms with Gasteiger partial charge in [0.2, 0.25) is 5.78 Å². The summed E-state index contributed by atoms with van der Waals surface area (Å²) in [5.74, 6) is -2.83. The summed E-state index contributed by atoms with van der Waals surface area (Å²) in [6.45, 7) is 2.24. The van der Waals surface area contributed by atoms with Crippen LogP contribution in [0.5, 0.6) is 0 Å². The predicted octanol–water partition coefficient (Wildman–Crippen LogP) is 3.79. The molecule has 29 heavy (non-hydrogen) atoms. The number of piperidine rings is 1. The first-order valence-corrected chi connectivity index (χ1v) is 10.8. The number of carbonyl (C=O) groups is 3. The van der Waals surface area contributed by atoms with Crippen LogP contribution in [0.3, 0.4) is 0 Å². The lowest BCUT2D eigenvalue weighted by Gasteiger charge is -2.40. The number of benzene rings is 1. The van der Waals surface area contributed by atoms with Crippen LogP contribution in [0.2, 0.25) is 10.0 Å². The Balaban J connectivity index is 1.65. The standard InChI is InChI=1S/C21H26Cl2N2O4/c22-15-9-14(10-16(23)11-15)19(27)24-17(12-18(26)20(28)29)13-25-7-5-21(6-8-25)3-1-2-4-21/h9-11,17H,1-8,12-13H2,(H,24,27)(H,28,29). The molecule has 1 spiro atoms. The number of ketones is 1. The molecule has 1 saturated heterocycles. The van der Waals surface area contributed by atoms with Crippen LogP contribution in [-0.2, 0) is 9.59 Å². The maximum absolute atomic E-state index is 12.7. The van der Waals surface area contributed by atoms with Crippen molar-refractivity contribution in [3.05, 3.63) is 33.8 Å². The van der Waals surface area contributed by atoms with E-state index in [-0.39, 0.29) is 12.0 Å². The average Bonchev–Trinajstić information content (AvgIpc) is 3.11. The molecule has 158 valence electrons. The van der Waals surface area contributed by atoms with E-state index in [0.29, 0.717) is 22.0 Å². The first-order valence-electron chi connectivity index (χ1n) is 10.0. The third-order valence-electron chi connectivity index (χ3n) is 6.19. The van der Waals surface area contributed by atoms with Crippen LogP contribution in [0, 0.1) is 5.41 Å². The molecule has 1 aliphatic heterocycles. The van der Waals surface area contributed by atoms with Crippen molar-refractivity contribution < 1.29 is 19.5 Å². The fourth-order valence-corrected chi connectivity index (χ4v) is 5.10. The molecule has 1 amide bonds. The first kappa shape index (κ1) is 22.1. The quantitative estimate of drug-likeness (QED) is 0.629. The summed E-state index contributed by atoms with van der Waals surface area (Å²) in [5.41, 5.74) is 0.739. The van der Waals surface area contributed by atoms with E-state index < -0.39 is 23.7 Å². The Bertz CT molecular complexity index is 763. The van der Waals surface area contributed by atoms with Crippen molar-refractivity contribution in [2.75, 3.05) is 19.6 Å². The number of carboxylic acids is 1. The lowest BCUT2D eigenvalue weighted by molar-refractivity contribution is -0.149.